The molecule has 0 spiro atoms. The van der Waals surface area contributed by atoms with Gasteiger partial charge in [-0.1, -0.05) is 12.1 Å². The Hall–Kier alpha value is -3.77. The third-order valence-electron chi connectivity index (χ3n) is 8.45. The van der Waals surface area contributed by atoms with Gasteiger partial charge in [0.1, 0.15) is 12.6 Å². The van der Waals surface area contributed by atoms with E-state index < -0.39 is 60.2 Å². The first-order chi connectivity index (χ1) is 19.8. The topological polar surface area (TPSA) is 85.9 Å². The van der Waals surface area contributed by atoms with E-state index in [9.17, 15) is 36.3 Å². The SMILES string of the molecule is CC1(C)C(=O)N(C2CCN(C(=O)NC3CCC(c4cccc(F)c4F)CN(CC(F)(F)F)C3=O)CC2)c2cccnc21. The van der Waals surface area contributed by atoms with Crippen LogP contribution in [0.15, 0.2) is 36.5 Å². The number of halogens is 5. The average Bonchev–Trinajstić information content (AvgIpc) is 3.03. The summed E-state index contributed by atoms with van der Waals surface area (Å²) < 4.78 is 68.5. The number of nitrogens with one attached hydrogen (secondary N) is 1. The molecule has 2 saturated heterocycles. The number of nitrogens with zero attached hydrogens (tertiary/aromatic N) is 4. The van der Waals surface area contributed by atoms with Crippen LogP contribution in [-0.4, -0.2) is 77.1 Å². The van der Waals surface area contributed by atoms with Crippen LogP contribution in [0, 0.1) is 11.6 Å². The van der Waals surface area contributed by atoms with Crippen LogP contribution in [0.25, 0.3) is 0 Å². The van der Waals surface area contributed by atoms with E-state index in [1.54, 1.807) is 17.2 Å². The second-order valence-electron chi connectivity index (χ2n) is 11.6. The van der Waals surface area contributed by atoms with E-state index in [0.29, 0.717) is 23.4 Å². The number of hydrogen-bond acceptors (Lipinski definition) is 4. The van der Waals surface area contributed by atoms with Gasteiger partial charge in [0.25, 0.3) is 0 Å². The van der Waals surface area contributed by atoms with Crippen LogP contribution in [0.2, 0.25) is 0 Å². The van der Waals surface area contributed by atoms with Crippen molar-refractivity contribution >= 4 is 23.5 Å². The van der Waals surface area contributed by atoms with Crippen molar-refractivity contribution in [3.63, 3.8) is 0 Å². The molecule has 2 fully saturated rings. The fraction of sp³-hybridized carbons (Fsp3) is 0.517. The van der Waals surface area contributed by atoms with Crippen LogP contribution >= 0.6 is 0 Å². The number of hydrogen-bond donors (Lipinski definition) is 1. The van der Waals surface area contributed by atoms with Gasteiger partial charge >= 0.3 is 12.2 Å². The summed E-state index contributed by atoms with van der Waals surface area (Å²) in [5, 5.41) is 2.58. The highest BCUT2D eigenvalue weighted by atomic mass is 19.4. The van der Waals surface area contributed by atoms with E-state index in [4.69, 9.17) is 0 Å². The third-order valence-corrected chi connectivity index (χ3v) is 8.45. The average molecular weight is 594 g/mol. The third kappa shape index (κ3) is 5.65. The fourth-order valence-corrected chi connectivity index (χ4v) is 6.26. The lowest BCUT2D eigenvalue weighted by atomic mass is 9.90. The lowest BCUT2D eigenvalue weighted by Crippen LogP contribution is -2.55. The number of aromatic nitrogens is 1. The van der Waals surface area contributed by atoms with Crippen LogP contribution in [0.1, 0.15) is 56.7 Å². The first-order valence-corrected chi connectivity index (χ1v) is 13.9. The van der Waals surface area contributed by atoms with Gasteiger partial charge < -0.3 is 20.0 Å². The zero-order valence-electron chi connectivity index (χ0n) is 23.3. The summed E-state index contributed by atoms with van der Waals surface area (Å²) >= 11 is 0. The summed E-state index contributed by atoms with van der Waals surface area (Å²) in [7, 11) is 0. The van der Waals surface area contributed by atoms with Gasteiger partial charge in [-0.25, -0.2) is 13.6 Å². The number of urea groups is 1. The van der Waals surface area contributed by atoms with E-state index in [1.807, 2.05) is 19.9 Å². The van der Waals surface area contributed by atoms with Crippen LogP contribution in [0.3, 0.4) is 0 Å². The van der Waals surface area contributed by atoms with E-state index in [0.717, 1.165) is 11.8 Å². The molecule has 0 radical (unpaired) electrons. The minimum absolute atomic E-state index is 0.0445. The molecule has 2 aromatic rings. The van der Waals surface area contributed by atoms with Gasteiger partial charge in [-0.2, -0.15) is 13.2 Å². The number of pyridine rings is 1. The predicted molar refractivity (Wildman–Crippen MR) is 143 cm³/mol. The van der Waals surface area contributed by atoms with Crippen molar-refractivity contribution in [2.75, 3.05) is 31.1 Å². The Balaban J connectivity index is 1.26. The summed E-state index contributed by atoms with van der Waals surface area (Å²) in [6.07, 6.45) is -2.14. The molecule has 0 aliphatic carbocycles. The molecule has 2 atom stereocenters. The number of rotatable bonds is 4. The lowest BCUT2D eigenvalue weighted by Gasteiger charge is -2.38. The van der Waals surface area contributed by atoms with E-state index in [2.05, 4.69) is 10.3 Å². The van der Waals surface area contributed by atoms with Gasteiger partial charge in [-0.15, -0.1) is 0 Å². The first-order valence-electron chi connectivity index (χ1n) is 13.9. The van der Waals surface area contributed by atoms with Crippen molar-refractivity contribution in [1.29, 1.82) is 0 Å². The maximum absolute atomic E-state index is 14.5. The number of likely N-dealkylation sites (tertiary alicyclic amines) is 2. The van der Waals surface area contributed by atoms with Crippen molar-refractivity contribution in [1.82, 2.24) is 20.1 Å². The van der Waals surface area contributed by atoms with Gasteiger partial charge in [-0.3, -0.25) is 14.6 Å². The monoisotopic (exact) mass is 593 g/mol. The summed E-state index contributed by atoms with van der Waals surface area (Å²) in [4.78, 5) is 47.8. The van der Waals surface area contributed by atoms with Crippen LogP contribution in [0.4, 0.5) is 32.4 Å². The summed E-state index contributed by atoms with van der Waals surface area (Å²) in [6, 6.07) is 5.05. The van der Waals surface area contributed by atoms with Crippen LogP contribution < -0.4 is 10.2 Å². The highest BCUT2D eigenvalue weighted by Gasteiger charge is 2.48. The Morgan fingerprint density at radius 3 is 2.45 bits per heavy atom. The van der Waals surface area contributed by atoms with Crippen molar-refractivity contribution in [2.45, 2.75) is 69.1 Å². The van der Waals surface area contributed by atoms with Crippen molar-refractivity contribution in [3.05, 3.63) is 59.4 Å². The molecule has 0 saturated carbocycles. The predicted octanol–water partition coefficient (Wildman–Crippen LogP) is 4.50. The number of piperidine rings is 1. The zero-order chi connectivity index (χ0) is 30.4. The van der Waals surface area contributed by atoms with Crippen LogP contribution in [0.5, 0.6) is 0 Å². The zero-order valence-corrected chi connectivity index (χ0v) is 23.3. The molecule has 2 unspecified atom stereocenters. The lowest BCUT2D eigenvalue weighted by molar-refractivity contribution is -0.162. The number of carbonyl (C=O) groups is 3. The van der Waals surface area contributed by atoms with E-state index in [-0.39, 0.29) is 43.4 Å². The Bertz CT molecular complexity index is 1380. The minimum atomic E-state index is -4.73. The maximum atomic E-state index is 14.5. The van der Waals surface area contributed by atoms with Gasteiger partial charge in [0.05, 0.1) is 16.8 Å². The molecule has 4 heterocycles. The Morgan fingerprint density at radius 1 is 1.05 bits per heavy atom. The molecule has 1 N–H and O–H groups in total. The largest absolute Gasteiger partial charge is 0.406 e. The molecular formula is C29H32F5N5O3. The second-order valence-corrected chi connectivity index (χ2v) is 11.6. The molecule has 42 heavy (non-hydrogen) atoms. The number of amides is 4. The summed E-state index contributed by atoms with van der Waals surface area (Å²) in [5.41, 5.74) is 0.551. The van der Waals surface area contributed by atoms with E-state index >= 15 is 0 Å². The van der Waals surface area contributed by atoms with Gasteiger partial charge in [0.15, 0.2) is 11.6 Å². The summed E-state index contributed by atoms with van der Waals surface area (Å²) in [6.45, 7) is 2.13. The second kappa shape index (κ2) is 11.1. The molecule has 3 aliphatic rings. The molecule has 13 heteroatoms. The quantitative estimate of drug-likeness (QED) is 0.530. The molecule has 4 amide bonds. The normalized spacial score (nSPS) is 23.2. The highest BCUT2D eigenvalue weighted by Crippen LogP contribution is 2.42. The van der Waals surface area contributed by atoms with Gasteiger partial charge in [0, 0.05) is 37.8 Å². The molecule has 1 aromatic carbocycles. The maximum Gasteiger partial charge on any atom is 0.406 e. The Kier molecular flexibility index (Phi) is 7.88. The molecule has 0 bridgehead atoms. The Morgan fingerprint density at radius 2 is 1.76 bits per heavy atom. The first kappa shape index (κ1) is 29.7. The van der Waals surface area contributed by atoms with Crippen molar-refractivity contribution in [2.24, 2.45) is 0 Å². The van der Waals surface area contributed by atoms with Crippen molar-refractivity contribution < 1.29 is 36.3 Å². The number of fused-ring (bicyclic) bond motifs is 1. The summed E-state index contributed by atoms with van der Waals surface area (Å²) in [5.74, 6) is -4.17. The highest BCUT2D eigenvalue weighted by molar-refractivity contribution is 6.07. The van der Waals surface area contributed by atoms with Gasteiger partial charge in [0.2, 0.25) is 11.8 Å². The Labute approximate surface area is 239 Å². The van der Waals surface area contributed by atoms with Crippen LogP contribution in [-0.2, 0) is 15.0 Å². The smallest absolute Gasteiger partial charge is 0.331 e. The van der Waals surface area contributed by atoms with Gasteiger partial charge in [-0.05, 0) is 63.3 Å². The number of alkyl halides is 3. The molecule has 5 rings (SSSR count). The minimum Gasteiger partial charge on any atom is -0.331 e. The standard InChI is InChI=1S/C29H32F5N5O3/c1-28(2)24-22(7-4-12-35-24)39(26(28)41)18-10-13-37(14-11-18)27(42)36-21-9-8-17(19-5-3-6-20(30)23(19)31)15-38(25(21)40)16-29(32,33)34/h3-7,12,17-18,21H,8-11,13-16H2,1-2H3,(H,36,42). The molecule has 3 aliphatic heterocycles. The molecule has 226 valence electrons. The van der Waals surface area contributed by atoms with E-state index in [1.165, 1.54) is 17.0 Å². The molecular weight excluding hydrogens is 561 g/mol. The number of benzene rings is 1. The van der Waals surface area contributed by atoms with Crippen molar-refractivity contribution in [3.8, 4) is 0 Å². The molecule has 1 aromatic heterocycles. The molecule has 8 nitrogen and oxygen atoms in total. The number of carbonyl (C=O) groups excluding carboxylic acids is 3. The number of anilines is 1. The fourth-order valence-electron chi connectivity index (χ4n) is 6.26.